The van der Waals surface area contributed by atoms with Gasteiger partial charge >= 0.3 is 0 Å². The Balaban J connectivity index is 0.000000162. The van der Waals surface area contributed by atoms with Crippen molar-refractivity contribution >= 4 is 39.8 Å². The van der Waals surface area contributed by atoms with Gasteiger partial charge in [-0.25, -0.2) is 14.6 Å². The molecule has 0 bridgehead atoms. The third kappa shape index (κ3) is 7.00. The summed E-state index contributed by atoms with van der Waals surface area (Å²) < 4.78 is 1.47. The first-order valence-corrected chi connectivity index (χ1v) is 18.3. The number of amides is 1. The van der Waals surface area contributed by atoms with E-state index in [-0.39, 0.29) is 17.8 Å². The lowest BCUT2D eigenvalue weighted by Gasteiger charge is -2.34. The van der Waals surface area contributed by atoms with Gasteiger partial charge in [0, 0.05) is 41.9 Å². The zero-order valence-corrected chi connectivity index (χ0v) is 31.5. The van der Waals surface area contributed by atoms with Gasteiger partial charge in [-0.3, -0.25) is 24.9 Å². The molecular formula is C41H49N9O2. The lowest BCUT2D eigenvalue weighted by molar-refractivity contribution is 0.0943. The van der Waals surface area contributed by atoms with Crippen LogP contribution in [0.15, 0.2) is 49.1 Å². The van der Waals surface area contributed by atoms with E-state index in [0.717, 1.165) is 77.9 Å². The van der Waals surface area contributed by atoms with Gasteiger partial charge in [-0.2, -0.15) is 5.10 Å². The summed E-state index contributed by atoms with van der Waals surface area (Å²) in [6, 6.07) is 7.97. The molecule has 6 aromatic heterocycles. The number of nitrogens with one attached hydrogen (secondary N) is 3. The highest BCUT2D eigenvalue weighted by molar-refractivity contribution is 6.11. The van der Waals surface area contributed by atoms with E-state index in [1.807, 2.05) is 19.9 Å². The molecule has 0 spiro atoms. The van der Waals surface area contributed by atoms with Crippen LogP contribution in [-0.2, 0) is 25.7 Å². The van der Waals surface area contributed by atoms with Crippen LogP contribution >= 0.6 is 0 Å². The van der Waals surface area contributed by atoms with Gasteiger partial charge in [0.15, 0.2) is 0 Å². The molecule has 52 heavy (non-hydrogen) atoms. The maximum Gasteiger partial charge on any atom is 0.282 e. The molecule has 0 saturated heterocycles. The second-order valence-corrected chi connectivity index (χ2v) is 16.7. The standard InChI is InChI=1S/C21H26N4O.C20H23N5O/c1-12-8-13(2)25(24-12)20(26)16-11-22-18-10-14-9-15(21(3,4)5)6-7-17(14)23-19(16)18;1-20(2,3)13-5-6-15-12(9-13)10-16-17(24-15)14(11-23-16)18(26)25-19-21-7-4-8-22-19/h8,10-11,15,22H,6-7,9H2,1-5H3;4,7-8,10-11,13,23H,5-6,9H2,1-3H3,(H,21,22,25,26). The zero-order valence-electron chi connectivity index (χ0n) is 31.5. The second kappa shape index (κ2) is 13.4. The fourth-order valence-electron chi connectivity index (χ4n) is 7.69. The van der Waals surface area contributed by atoms with E-state index in [9.17, 15) is 9.59 Å². The quantitative estimate of drug-likeness (QED) is 0.170. The minimum atomic E-state index is -0.252. The van der Waals surface area contributed by atoms with Crippen LogP contribution in [0.3, 0.4) is 0 Å². The lowest BCUT2D eigenvalue weighted by atomic mass is 9.71. The number of aryl methyl sites for hydroxylation is 4. The smallest absolute Gasteiger partial charge is 0.282 e. The van der Waals surface area contributed by atoms with Gasteiger partial charge in [0.25, 0.3) is 11.8 Å². The molecular weight excluding hydrogens is 651 g/mol. The maximum absolute atomic E-state index is 12.9. The van der Waals surface area contributed by atoms with Crippen molar-refractivity contribution in [3.8, 4) is 0 Å². The number of nitrogens with zero attached hydrogens (tertiary/aromatic N) is 6. The van der Waals surface area contributed by atoms with E-state index in [1.54, 1.807) is 30.9 Å². The first-order chi connectivity index (χ1) is 24.7. The Kier molecular flexibility index (Phi) is 9.09. The molecule has 2 aliphatic carbocycles. The molecule has 0 aromatic carbocycles. The average molecular weight is 700 g/mol. The topological polar surface area (TPSA) is 147 Å². The van der Waals surface area contributed by atoms with Gasteiger partial charge in [0.1, 0.15) is 11.0 Å². The summed E-state index contributed by atoms with van der Waals surface area (Å²) in [6.45, 7) is 17.6. The molecule has 11 heteroatoms. The van der Waals surface area contributed by atoms with Gasteiger partial charge in [0.2, 0.25) is 5.95 Å². The van der Waals surface area contributed by atoms with Gasteiger partial charge in [-0.15, -0.1) is 0 Å². The molecule has 6 aromatic rings. The van der Waals surface area contributed by atoms with E-state index < -0.39 is 0 Å². The Morgan fingerprint density at radius 3 is 1.79 bits per heavy atom. The van der Waals surface area contributed by atoms with Crippen LogP contribution in [0, 0.1) is 36.5 Å². The van der Waals surface area contributed by atoms with Crippen molar-refractivity contribution in [1.82, 2.24) is 39.7 Å². The minimum absolute atomic E-state index is 0.127. The summed E-state index contributed by atoms with van der Waals surface area (Å²) in [5.41, 5.74) is 11.6. The summed E-state index contributed by atoms with van der Waals surface area (Å²) in [4.78, 5) is 49.8. The molecule has 0 aliphatic heterocycles. The number of H-pyrrole nitrogens is 2. The van der Waals surface area contributed by atoms with Crippen molar-refractivity contribution in [3.05, 3.63) is 94.1 Å². The van der Waals surface area contributed by atoms with Crippen molar-refractivity contribution in [2.45, 2.75) is 93.9 Å². The molecule has 2 aliphatic rings. The van der Waals surface area contributed by atoms with Crippen LogP contribution in [0.4, 0.5) is 5.95 Å². The normalized spacial score (nSPS) is 17.3. The largest absolute Gasteiger partial charge is 0.359 e. The summed E-state index contributed by atoms with van der Waals surface area (Å²) >= 11 is 0. The Morgan fingerprint density at radius 1 is 0.769 bits per heavy atom. The number of carbonyl (C=O) groups is 2. The Morgan fingerprint density at radius 2 is 1.29 bits per heavy atom. The molecule has 1 amide bonds. The van der Waals surface area contributed by atoms with E-state index in [1.165, 1.54) is 15.8 Å². The van der Waals surface area contributed by atoms with Gasteiger partial charge < -0.3 is 9.97 Å². The van der Waals surface area contributed by atoms with E-state index in [0.29, 0.717) is 39.3 Å². The number of fused-ring (bicyclic) bond motifs is 4. The minimum Gasteiger partial charge on any atom is -0.359 e. The monoisotopic (exact) mass is 699 g/mol. The molecule has 0 fully saturated rings. The maximum atomic E-state index is 12.9. The number of pyridine rings is 2. The SMILES string of the molecule is CC(C)(C)C1CCc2nc3c(C(=O)Nc4ncccn4)c[nH]c3cc2C1.Cc1cc(C)n(C(=O)c2c[nH]c3cc4c(nc23)CCC(C(C)(C)C)C4)n1. The molecule has 6 heterocycles. The third-order valence-electron chi connectivity index (χ3n) is 10.9. The highest BCUT2D eigenvalue weighted by atomic mass is 16.2. The van der Waals surface area contributed by atoms with Gasteiger partial charge in [-0.1, -0.05) is 41.5 Å². The molecule has 3 N–H and O–H groups in total. The summed E-state index contributed by atoms with van der Waals surface area (Å²) in [6.07, 6.45) is 13.0. The van der Waals surface area contributed by atoms with Gasteiger partial charge in [-0.05, 0) is 110 Å². The van der Waals surface area contributed by atoms with Crippen LogP contribution in [0.2, 0.25) is 0 Å². The summed E-state index contributed by atoms with van der Waals surface area (Å²) in [5.74, 6) is 1.23. The van der Waals surface area contributed by atoms with E-state index in [2.05, 4.69) is 84.0 Å². The Hall–Kier alpha value is -5.19. The second-order valence-electron chi connectivity index (χ2n) is 16.7. The number of aromatic nitrogens is 8. The molecule has 2 unspecified atom stereocenters. The van der Waals surface area contributed by atoms with Crippen LogP contribution in [0.5, 0.6) is 0 Å². The van der Waals surface area contributed by atoms with Crippen molar-refractivity contribution in [3.63, 3.8) is 0 Å². The van der Waals surface area contributed by atoms with Gasteiger partial charge in [0.05, 0.1) is 27.9 Å². The fourth-order valence-corrected chi connectivity index (χ4v) is 7.69. The predicted octanol–water partition coefficient (Wildman–Crippen LogP) is 7.97. The van der Waals surface area contributed by atoms with Crippen LogP contribution in [0.1, 0.15) is 109 Å². The number of hydrogen-bond acceptors (Lipinski definition) is 7. The average Bonchev–Trinajstić information content (AvgIpc) is 3.80. The number of hydrogen-bond donors (Lipinski definition) is 3. The molecule has 8 rings (SSSR count). The number of anilines is 1. The molecule has 2 atom stereocenters. The molecule has 270 valence electrons. The van der Waals surface area contributed by atoms with Crippen molar-refractivity contribution in [2.24, 2.45) is 22.7 Å². The van der Waals surface area contributed by atoms with E-state index in [4.69, 9.17) is 9.97 Å². The molecule has 0 radical (unpaired) electrons. The molecule has 11 nitrogen and oxygen atoms in total. The zero-order chi connectivity index (χ0) is 36.9. The Labute approximate surface area is 304 Å². The number of rotatable bonds is 3. The van der Waals surface area contributed by atoms with E-state index >= 15 is 0 Å². The van der Waals surface area contributed by atoms with Crippen molar-refractivity contribution < 1.29 is 9.59 Å². The van der Waals surface area contributed by atoms with Crippen molar-refractivity contribution in [1.29, 1.82) is 0 Å². The highest BCUT2D eigenvalue weighted by Gasteiger charge is 2.31. The van der Waals surface area contributed by atoms with Crippen LogP contribution in [0.25, 0.3) is 22.1 Å². The number of carbonyl (C=O) groups excluding carboxylic acids is 2. The summed E-state index contributed by atoms with van der Waals surface area (Å²) in [5, 5.41) is 7.05. The highest BCUT2D eigenvalue weighted by Crippen LogP contribution is 2.39. The van der Waals surface area contributed by atoms with Crippen LogP contribution in [-0.4, -0.2) is 51.5 Å². The first-order valence-electron chi connectivity index (χ1n) is 18.3. The van der Waals surface area contributed by atoms with Crippen LogP contribution < -0.4 is 5.32 Å². The Bertz CT molecular complexity index is 2280. The lowest BCUT2D eigenvalue weighted by Crippen LogP contribution is -2.27. The van der Waals surface area contributed by atoms with Crippen molar-refractivity contribution in [2.75, 3.05) is 5.32 Å². The third-order valence-corrected chi connectivity index (χ3v) is 10.9. The summed E-state index contributed by atoms with van der Waals surface area (Å²) in [7, 11) is 0. The molecule has 0 saturated carbocycles. The fraction of sp³-hybridized carbons (Fsp3) is 0.439. The number of aromatic amines is 2. The first kappa shape index (κ1) is 35.2. The predicted molar refractivity (Wildman–Crippen MR) is 204 cm³/mol.